The molecule has 0 aliphatic carbocycles. The van der Waals surface area contributed by atoms with Crippen molar-refractivity contribution in [1.82, 2.24) is 0 Å². The molecule has 3 heterocycles. The highest BCUT2D eigenvalue weighted by Crippen LogP contribution is 2.38. The molecule has 2 fully saturated rings. The van der Waals surface area contributed by atoms with Gasteiger partial charge in [0.05, 0.1) is 48.8 Å². The third-order valence-corrected chi connectivity index (χ3v) is 8.77. The molecule has 2 bridgehead atoms. The highest BCUT2D eigenvalue weighted by Gasteiger charge is 2.50. The number of ether oxygens (including phenoxy) is 4. The number of carbonyl (C=O) groups excluding carboxylic acids is 1. The zero-order chi connectivity index (χ0) is 35.6. The second-order valence-electron chi connectivity index (χ2n) is 12.8. The van der Waals surface area contributed by atoms with E-state index in [2.05, 4.69) is 0 Å². The second-order valence-corrected chi connectivity index (χ2v) is 12.8. The Labute approximate surface area is 280 Å². The molecule has 270 valence electrons. The van der Waals surface area contributed by atoms with E-state index < -0.39 is 104 Å². The molecule has 3 aliphatic rings. The summed E-state index contributed by atoms with van der Waals surface area (Å²) in [6.07, 6.45) is 3.35. The van der Waals surface area contributed by atoms with Gasteiger partial charge in [-0.2, -0.15) is 0 Å². The summed E-state index contributed by atoms with van der Waals surface area (Å²) < 4.78 is 23.0. The molecule has 0 aromatic rings. The molecule has 3 aliphatic heterocycles. The van der Waals surface area contributed by atoms with Crippen LogP contribution >= 0.6 is 0 Å². The fraction of sp³-hybridized carbons (Fsp3) is 0.647. The highest BCUT2D eigenvalue weighted by atomic mass is 16.7. The predicted molar refractivity (Wildman–Crippen MR) is 172 cm³/mol. The molecule has 0 radical (unpaired) electrons. The van der Waals surface area contributed by atoms with Crippen molar-refractivity contribution in [3.8, 4) is 0 Å². The van der Waals surface area contributed by atoms with Crippen molar-refractivity contribution in [2.24, 2.45) is 17.6 Å². The number of rotatable bonds is 3. The lowest BCUT2D eigenvalue weighted by Gasteiger charge is -2.45. The summed E-state index contributed by atoms with van der Waals surface area (Å²) in [4.78, 5) is 24.5. The normalized spacial score (nSPS) is 45.9. The van der Waals surface area contributed by atoms with Gasteiger partial charge in [-0.25, -0.2) is 4.79 Å². The zero-order valence-corrected chi connectivity index (χ0v) is 27.5. The van der Waals surface area contributed by atoms with Gasteiger partial charge in [0.2, 0.25) is 0 Å². The molecule has 0 saturated carbocycles. The minimum Gasteiger partial charge on any atom is -0.481 e. The van der Waals surface area contributed by atoms with E-state index in [1.165, 1.54) is 12.2 Å². The third kappa shape index (κ3) is 11.7. The monoisotopic (exact) mass is 681 g/mol. The van der Waals surface area contributed by atoms with Crippen molar-refractivity contribution >= 4 is 11.9 Å². The van der Waals surface area contributed by atoms with Crippen LogP contribution in [0.3, 0.4) is 0 Å². The number of carbonyl (C=O) groups is 2. The lowest BCUT2D eigenvalue weighted by molar-refractivity contribution is -0.308. The summed E-state index contributed by atoms with van der Waals surface area (Å²) in [6.45, 7) is 5.21. The second kappa shape index (κ2) is 18.3. The van der Waals surface area contributed by atoms with E-state index in [-0.39, 0.29) is 25.2 Å². The van der Waals surface area contributed by atoms with Crippen molar-refractivity contribution in [2.75, 3.05) is 0 Å². The summed E-state index contributed by atoms with van der Waals surface area (Å²) in [5, 5.41) is 74.3. The number of esters is 1. The Bertz CT molecular complexity index is 1200. The van der Waals surface area contributed by atoms with Crippen molar-refractivity contribution in [3.63, 3.8) is 0 Å². The summed E-state index contributed by atoms with van der Waals surface area (Å²) in [5.74, 6) is -5.75. The number of aliphatic carboxylic acids is 1. The molecule has 3 rings (SSSR count). The average Bonchev–Trinajstić information content (AvgIpc) is 2.98. The topological polar surface area (TPSA) is 239 Å². The van der Waals surface area contributed by atoms with Gasteiger partial charge in [0.15, 0.2) is 12.1 Å². The number of hydrogen-bond acceptors (Lipinski definition) is 13. The smallest absolute Gasteiger partial charge is 0.330 e. The Balaban J connectivity index is 1.92. The molecule has 8 unspecified atom stereocenters. The van der Waals surface area contributed by atoms with Crippen LogP contribution < -0.4 is 5.73 Å². The fourth-order valence-electron chi connectivity index (χ4n) is 5.87. The molecule has 48 heavy (non-hydrogen) atoms. The Morgan fingerprint density at radius 3 is 2.21 bits per heavy atom. The van der Waals surface area contributed by atoms with Crippen LogP contribution in [0.4, 0.5) is 0 Å². The van der Waals surface area contributed by atoms with Crippen molar-refractivity contribution in [1.29, 1.82) is 0 Å². The molecule has 14 nitrogen and oxygen atoms in total. The van der Waals surface area contributed by atoms with Crippen molar-refractivity contribution in [2.45, 2.75) is 126 Å². The number of aliphatic hydroxyl groups excluding tert-OH is 5. The summed E-state index contributed by atoms with van der Waals surface area (Å²) in [5.41, 5.74) is 5.97. The van der Waals surface area contributed by atoms with Crippen LogP contribution in [0.15, 0.2) is 60.8 Å². The maximum atomic E-state index is 12.3. The van der Waals surface area contributed by atoms with E-state index >= 15 is 0 Å². The Hall–Kier alpha value is -2.76. The first-order chi connectivity index (χ1) is 22.6. The molecule has 2 saturated heterocycles. The van der Waals surface area contributed by atoms with Gasteiger partial charge in [-0.1, -0.05) is 61.6 Å². The van der Waals surface area contributed by atoms with Crippen LogP contribution in [0.25, 0.3) is 0 Å². The maximum absolute atomic E-state index is 12.3. The predicted octanol–water partition coefficient (Wildman–Crippen LogP) is 0.349. The first kappa shape index (κ1) is 39.7. The molecule has 0 spiro atoms. The molecule has 14 atom stereocenters. The molecule has 0 aromatic heterocycles. The van der Waals surface area contributed by atoms with Gasteiger partial charge in [-0.3, -0.25) is 4.79 Å². The fourth-order valence-corrected chi connectivity index (χ4v) is 5.87. The minimum atomic E-state index is -2.18. The number of carboxylic acid groups (broad SMARTS) is 1. The molecular weight excluding hydrogens is 630 g/mol. The Kier molecular flexibility index (Phi) is 15.1. The van der Waals surface area contributed by atoms with E-state index in [4.69, 9.17) is 24.7 Å². The lowest BCUT2D eigenvalue weighted by Crippen LogP contribution is -2.61. The van der Waals surface area contributed by atoms with Gasteiger partial charge in [-0.15, -0.1) is 0 Å². The molecule has 0 aromatic carbocycles. The number of carboxylic acids is 1. The van der Waals surface area contributed by atoms with Gasteiger partial charge in [0.1, 0.15) is 18.1 Å². The summed E-state index contributed by atoms with van der Waals surface area (Å²) in [6, 6.07) is -1.09. The highest BCUT2D eigenvalue weighted by molar-refractivity contribution is 5.82. The summed E-state index contributed by atoms with van der Waals surface area (Å²) >= 11 is 0. The number of nitrogens with two attached hydrogens (primary N) is 1. The van der Waals surface area contributed by atoms with Crippen molar-refractivity contribution < 1.29 is 64.3 Å². The molecule has 9 N–H and O–H groups in total. The van der Waals surface area contributed by atoms with Crippen LogP contribution in [0.5, 0.6) is 0 Å². The largest absolute Gasteiger partial charge is 0.481 e. The first-order valence-corrected chi connectivity index (χ1v) is 16.3. The number of allylic oxidation sites excluding steroid dienone is 6. The average molecular weight is 682 g/mol. The quantitative estimate of drug-likeness (QED) is 0.188. The maximum Gasteiger partial charge on any atom is 0.330 e. The van der Waals surface area contributed by atoms with E-state index in [0.717, 1.165) is 0 Å². The molecule has 0 amide bonds. The zero-order valence-electron chi connectivity index (χ0n) is 27.5. The minimum absolute atomic E-state index is 0.000319. The number of aliphatic hydroxyl groups is 6. The molecule has 14 heteroatoms. The van der Waals surface area contributed by atoms with Crippen LogP contribution in [0, 0.1) is 11.8 Å². The van der Waals surface area contributed by atoms with Crippen molar-refractivity contribution in [3.05, 3.63) is 60.8 Å². The van der Waals surface area contributed by atoms with Crippen LogP contribution in [-0.4, -0.2) is 121 Å². The summed E-state index contributed by atoms with van der Waals surface area (Å²) in [7, 11) is 0. The Morgan fingerprint density at radius 2 is 1.54 bits per heavy atom. The lowest BCUT2D eigenvalue weighted by atomic mass is 9.83. The van der Waals surface area contributed by atoms with Crippen LogP contribution in [0.2, 0.25) is 0 Å². The van der Waals surface area contributed by atoms with Crippen LogP contribution in [-0.2, 0) is 28.5 Å². The van der Waals surface area contributed by atoms with Gasteiger partial charge in [0, 0.05) is 31.3 Å². The van der Waals surface area contributed by atoms with Gasteiger partial charge < -0.3 is 60.4 Å². The first-order valence-electron chi connectivity index (χ1n) is 16.3. The van der Waals surface area contributed by atoms with Gasteiger partial charge in [0.25, 0.3) is 0 Å². The SMILES string of the molecule is CC1OC(=O)/C=C/CC(O)CC(O)CC2(O)C[C@H](O)C(C(=O)O)[C@H](CC(OC3O[C@H](C)C(O)[C@H](N)[C@@H]3O)/C=C/C=C/C=C/C=C/[C@@H]1C)O2. The van der Waals surface area contributed by atoms with Gasteiger partial charge >= 0.3 is 11.9 Å². The standard InChI is InChI=1S/C34H51NO13/c1-19-11-8-6-4-5-7-9-13-24(47-33-31(41)29(35)30(40)21(3)46-33)16-26-28(32(42)43)25(38)18-34(44,48-26)17-23(37)15-22(36)12-10-14-27(39)45-20(19)2/h4-11,13-14,19-26,28-31,33,36-38,40-41,44H,12,15-18,35H2,1-3H3,(H,42,43)/b6-4+,7-5+,11-8+,13-9+,14-10+/t19-,20?,21+,22?,23?,24?,25-,26-,28?,29-,30?,31-,33?,34?/m0/s1. The van der Waals surface area contributed by atoms with E-state index in [0.29, 0.717) is 0 Å². The van der Waals surface area contributed by atoms with E-state index in [1.54, 1.807) is 56.4 Å². The third-order valence-electron chi connectivity index (χ3n) is 8.77. The van der Waals surface area contributed by atoms with E-state index in [1.807, 2.05) is 13.0 Å². The molecular formula is C34H51NO13. The van der Waals surface area contributed by atoms with E-state index in [9.17, 15) is 45.3 Å². The number of cyclic esters (lactones) is 1. The van der Waals surface area contributed by atoms with Crippen LogP contribution in [0.1, 0.15) is 52.9 Å². The number of fused-ring (bicyclic) bond motifs is 2. The van der Waals surface area contributed by atoms with Gasteiger partial charge in [-0.05, 0) is 26.7 Å². The number of hydrogen-bond donors (Lipinski definition) is 8. The Morgan fingerprint density at radius 1 is 0.896 bits per heavy atom.